The van der Waals surface area contributed by atoms with E-state index in [1.807, 2.05) is 5.32 Å². The molecule has 0 radical (unpaired) electrons. The number of rotatable bonds is 3. The van der Waals surface area contributed by atoms with Gasteiger partial charge >= 0.3 is 12.2 Å². The van der Waals surface area contributed by atoms with Crippen molar-refractivity contribution in [3.8, 4) is 0 Å². The molecule has 2 amide bonds. The Morgan fingerprint density at radius 2 is 1.90 bits per heavy atom. The monoisotopic (exact) mass is 304 g/mol. The number of benzene rings is 1. The second-order valence-corrected chi connectivity index (χ2v) is 5.17. The molecule has 1 saturated carbocycles. The standard InChI is InChI=1S/C14H16F4N2O/c15-10-6-3-7-11(8-10)19-13(21)20-12(14(16,17)18)9-4-1-2-5-9/h3,6-9,12H,1-2,4-5H2,(H2,19,20,21)/t12-/m1/s1. The van der Waals surface area contributed by atoms with E-state index in [-0.39, 0.29) is 5.69 Å². The van der Waals surface area contributed by atoms with Crippen LogP contribution < -0.4 is 10.6 Å². The van der Waals surface area contributed by atoms with Crippen molar-refractivity contribution in [3.63, 3.8) is 0 Å². The second kappa shape index (κ2) is 6.32. The summed E-state index contributed by atoms with van der Waals surface area (Å²) < 4.78 is 52.1. The number of nitrogens with one attached hydrogen (secondary N) is 2. The molecule has 0 spiro atoms. The summed E-state index contributed by atoms with van der Waals surface area (Å²) >= 11 is 0. The zero-order valence-corrected chi connectivity index (χ0v) is 11.2. The first-order valence-electron chi connectivity index (χ1n) is 6.76. The van der Waals surface area contributed by atoms with Crippen molar-refractivity contribution in [3.05, 3.63) is 30.1 Å². The molecule has 1 fully saturated rings. The van der Waals surface area contributed by atoms with Crippen molar-refractivity contribution >= 4 is 11.7 Å². The molecule has 1 aromatic rings. The summed E-state index contributed by atoms with van der Waals surface area (Å²) in [5, 5.41) is 4.19. The molecule has 0 unspecified atom stereocenters. The Hall–Kier alpha value is -1.79. The van der Waals surface area contributed by atoms with Crippen LogP contribution in [-0.4, -0.2) is 18.2 Å². The highest BCUT2D eigenvalue weighted by Gasteiger charge is 2.46. The van der Waals surface area contributed by atoms with E-state index in [9.17, 15) is 22.4 Å². The molecule has 0 aromatic heterocycles. The van der Waals surface area contributed by atoms with Gasteiger partial charge in [-0.2, -0.15) is 13.2 Å². The van der Waals surface area contributed by atoms with Crippen LogP contribution in [0.4, 0.5) is 28.0 Å². The van der Waals surface area contributed by atoms with Gasteiger partial charge < -0.3 is 10.6 Å². The average Bonchev–Trinajstić information content (AvgIpc) is 2.88. The van der Waals surface area contributed by atoms with E-state index >= 15 is 0 Å². The zero-order valence-electron chi connectivity index (χ0n) is 11.2. The average molecular weight is 304 g/mol. The predicted molar refractivity (Wildman–Crippen MR) is 70.4 cm³/mol. The molecule has 0 aliphatic heterocycles. The Morgan fingerprint density at radius 1 is 1.24 bits per heavy atom. The lowest BCUT2D eigenvalue weighted by atomic mass is 9.98. The number of alkyl halides is 3. The molecule has 1 aliphatic rings. The third kappa shape index (κ3) is 4.34. The number of hydrogen-bond acceptors (Lipinski definition) is 1. The molecule has 1 aliphatic carbocycles. The van der Waals surface area contributed by atoms with Crippen molar-refractivity contribution in [1.29, 1.82) is 0 Å². The van der Waals surface area contributed by atoms with Crippen LogP contribution in [0.5, 0.6) is 0 Å². The summed E-state index contributed by atoms with van der Waals surface area (Å²) in [6.07, 6.45) is -2.11. The van der Waals surface area contributed by atoms with E-state index in [0.29, 0.717) is 12.8 Å². The SMILES string of the molecule is O=C(Nc1cccc(F)c1)N[C@H](C1CCCC1)C(F)(F)F. The summed E-state index contributed by atoms with van der Waals surface area (Å²) in [7, 11) is 0. The van der Waals surface area contributed by atoms with Crippen LogP contribution in [0.25, 0.3) is 0 Å². The van der Waals surface area contributed by atoms with Crippen LogP contribution in [0.15, 0.2) is 24.3 Å². The van der Waals surface area contributed by atoms with Crippen LogP contribution in [0.1, 0.15) is 25.7 Å². The first kappa shape index (κ1) is 15.6. The number of hydrogen-bond donors (Lipinski definition) is 2. The van der Waals surface area contributed by atoms with Crippen LogP contribution in [0, 0.1) is 11.7 Å². The fourth-order valence-corrected chi connectivity index (χ4v) is 2.63. The maximum atomic E-state index is 13.0. The molecule has 2 N–H and O–H groups in total. The Balaban J connectivity index is 2.01. The van der Waals surface area contributed by atoms with E-state index < -0.39 is 30.0 Å². The largest absolute Gasteiger partial charge is 0.408 e. The number of anilines is 1. The van der Waals surface area contributed by atoms with Gasteiger partial charge in [0.25, 0.3) is 0 Å². The Bertz CT molecular complexity index is 498. The van der Waals surface area contributed by atoms with E-state index in [4.69, 9.17) is 0 Å². The fraction of sp³-hybridized carbons (Fsp3) is 0.500. The minimum Gasteiger partial charge on any atom is -0.326 e. The van der Waals surface area contributed by atoms with Crippen molar-refractivity contribution in [1.82, 2.24) is 5.32 Å². The summed E-state index contributed by atoms with van der Waals surface area (Å²) in [6, 6.07) is 2.14. The lowest BCUT2D eigenvalue weighted by Gasteiger charge is -2.27. The van der Waals surface area contributed by atoms with E-state index in [1.165, 1.54) is 18.2 Å². The van der Waals surface area contributed by atoms with Crippen molar-refractivity contribution in [2.24, 2.45) is 5.92 Å². The molecule has 2 rings (SSSR count). The van der Waals surface area contributed by atoms with Gasteiger partial charge in [0.2, 0.25) is 0 Å². The topological polar surface area (TPSA) is 41.1 Å². The quantitative estimate of drug-likeness (QED) is 0.812. The van der Waals surface area contributed by atoms with Crippen LogP contribution in [0.2, 0.25) is 0 Å². The third-order valence-electron chi connectivity index (χ3n) is 3.59. The van der Waals surface area contributed by atoms with Gasteiger partial charge in [0.05, 0.1) is 0 Å². The third-order valence-corrected chi connectivity index (χ3v) is 3.59. The van der Waals surface area contributed by atoms with Gasteiger partial charge in [-0.3, -0.25) is 0 Å². The fourth-order valence-electron chi connectivity index (χ4n) is 2.63. The van der Waals surface area contributed by atoms with Crippen LogP contribution in [0.3, 0.4) is 0 Å². The number of urea groups is 1. The Labute approximate surface area is 119 Å². The summed E-state index contributed by atoms with van der Waals surface area (Å²) in [5.74, 6) is -1.17. The summed E-state index contributed by atoms with van der Waals surface area (Å²) in [4.78, 5) is 11.7. The Morgan fingerprint density at radius 3 is 2.48 bits per heavy atom. The molecule has 1 aromatic carbocycles. The molecule has 0 saturated heterocycles. The minimum absolute atomic E-state index is 0.111. The summed E-state index contributed by atoms with van der Waals surface area (Å²) in [5.41, 5.74) is 0.111. The van der Waals surface area contributed by atoms with Crippen molar-refractivity contribution in [2.75, 3.05) is 5.32 Å². The molecule has 1 atom stereocenters. The summed E-state index contributed by atoms with van der Waals surface area (Å²) in [6.45, 7) is 0. The number of halogens is 4. The van der Waals surface area contributed by atoms with Gasteiger partial charge in [0, 0.05) is 5.69 Å². The van der Waals surface area contributed by atoms with Gasteiger partial charge in [-0.25, -0.2) is 9.18 Å². The van der Waals surface area contributed by atoms with Crippen molar-refractivity contribution < 1.29 is 22.4 Å². The number of carbonyl (C=O) groups is 1. The highest BCUT2D eigenvalue weighted by molar-refractivity contribution is 5.89. The van der Waals surface area contributed by atoms with Crippen LogP contribution in [-0.2, 0) is 0 Å². The maximum absolute atomic E-state index is 13.0. The second-order valence-electron chi connectivity index (χ2n) is 5.17. The highest BCUT2D eigenvalue weighted by atomic mass is 19.4. The van der Waals surface area contributed by atoms with E-state index in [2.05, 4.69) is 5.32 Å². The highest BCUT2D eigenvalue weighted by Crippen LogP contribution is 2.35. The maximum Gasteiger partial charge on any atom is 0.408 e. The number of amides is 2. The van der Waals surface area contributed by atoms with Gasteiger partial charge in [-0.15, -0.1) is 0 Å². The normalized spacial score (nSPS) is 17.5. The first-order valence-corrected chi connectivity index (χ1v) is 6.76. The molecule has 21 heavy (non-hydrogen) atoms. The molecule has 116 valence electrons. The molecular formula is C14H16F4N2O. The predicted octanol–water partition coefficient (Wildman–Crippen LogP) is 4.07. The van der Waals surface area contributed by atoms with E-state index in [0.717, 1.165) is 18.9 Å². The van der Waals surface area contributed by atoms with Crippen molar-refractivity contribution in [2.45, 2.75) is 37.9 Å². The molecule has 3 nitrogen and oxygen atoms in total. The van der Waals surface area contributed by atoms with Gasteiger partial charge in [0.15, 0.2) is 0 Å². The van der Waals surface area contributed by atoms with E-state index in [1.54, 1.807) is 0 Å². The lowest BCUT2D eigenvalue weighted by molar-refractivity contribution is -0.164. The van der Waals surface area contributed by atoms with Gasteiger partial charge in [0.1, 0.15) is 11.9 Å². The van der Waals surface area contributed by atoms with Gasteiger partial charge in [-0.05, 0) is 37.0 Å². The smallest absolute Gasteiger partial charge is 0.326 e. The molecule has 0 bridgehead atoms. The minimum atomic E-state index is -4.49. The first-order chi connectivity index (χ1) is 9.86. The lowest BCUT2D eigenvalue weighted by Crippen LogP contribution is -2.50. The molecule has 7 heteroatoms. The molecular weight excluding hydrogens is 288 g/mol. The van der Waals surface area contributed by atoms with Crippen LogP contribution >= 0.6 is 0 Å². The number of carbonyl (C=O) groups excluding carboxylic acids is 1. The molecule has 0 heterocycles. The Kier molecular flexibility index (Phi) is 4.69. The van der Waals surface area contributed by atoms with Gasteiger partial charge in [-0.1, -0.05) is 18.9 Å². The zero-order chi connectivity index (χ0) is 15.5.